The minimum absolute atomic E-state index is 0.230. The molecule has 1 fully saturated rings. The first-order chi connectivity index (χ1) is 6.92. The highest BCUT2D eigenvalue weighted by atomic mass is 35.5. The molecule has 0 aromatic carbocycles. The van der Waals surface area contributed by atoms with E-state index in [2.05, 4.69) is 4.99 Å². The number of aliphatic imine (C=N–C) groups is 1. The van der Waals surface area contributed by atoms with Crippen molar-refractivity contribution in [1.29, 1.82) is 0 Å². The van der Waals surface area contributed by atoms with Crippen molar-refractivity contribution in [2.24, 2.45) is 4.99 Å². The highest BCUT2D eigenvalue weighted by Gasteiger charge is 2.61. The third-order valence-electron chi connectivity index (χ3n) is 2.67. The number of rotatable bonds is 2. The second kappa shape index (κ2) is 3.34. The van der Waals surface area contributed by atoms with E-state index in [0.29, 0.717) is 13.0 Å². The fourth-order valence-electron chi connectivity index (χ4n) is 1.81. The summed E-state index contributed by atoms with van der Waals surface area (Å²) < 4.78 is 10.6. The standard InChI is InChI=1S/C9H11Cl2NO3/c1-3-14-5-4-8(2)6(10)12-9(5,11)7(13)15-8/h5H,3-4H2,1-2H3/t5?,8-,9-/m1/s1. The molecule has 4 nitrogen and oxygen atoms in total. The molecule has 0 radical (unpaired) electrons. The Morgan fingerprint density at radius 1 is 1.73 bits per heavy atom. The van der Waals surface area contributed by atoms with E-state index in [0.717, 1.165) is 0 Å². The number of ether oxygens (including phenoxy) is 2. The van der Waals surface area contributed by atoms with Crippen LogP contribution >= 0.6 is 23.2 Å². The van der Waals surface area contributed by atoms with Crippen LogP contribution in [0.15, 0.2) is 4.99 Å². The van der Waals surface area contributed by atoms with E-state index < -0.39 is 22.7 Å². The van der Waals surface area contributed by atoms with E-state index in [-0.39, 0.29) is 5.17 Å². The maximum atomic E-state index is 11.6. The zero-order valence-electron chi connectivity index (χ0n) is 8.42. The predicted octanol–water partition coefficient (Wildman–Crippen LogP) is 1.68. The number of nitrogens with zero attached hydrogens (tertiary/aromatic N) is 1. The number of hydrogen-bond donors (Lipinski definition) is 0. The summed E-state index contributed by atoms with van der Waals surface area (Å²) in [5, 5.41) is 0.230. The van der Waals surface area contributed by atoms with E-state index in [1.54, 1.807) is 6.92 Å². The molecule has 0 N–H and O–H groups in total. The number of hydrogen-bond acceptors (Lipinski definition) is 4. The van der Waals surface area contributed by atoms with Crippen molar-refractivity contribution in [3.63, 3.8) is 0 Å². The molecule has 6 heteroatoms. The maximum absolute atomic E-state index is 11.6. The Bertz CT molecular complexity index is 346. The summed E-state index contributed by atoms with van der Waals surface area (Å²) in [6.45, 7) is 4.01. The minimum Gasteiger partial charge on any atom is -0.449 e. The molecule has 1 saturated heterocycles. The van der Waals surface area contributed by atoms with Crippen LogP contribution in [0.25, 0.3) is 0 Å². The van der Waals surface area contributed by atoms with Crippen molar-refractivity contribution in [2.45, 2.75) is 37.0 Å². The molecule has 0 aromatic heterocycles. The SMILES string of the molecule is CCOC1C[C@@]2(C)OC(=O)[C@]1(Cl)N=C2Cl. The van der Waals surface area contributed by atoms with Gasteiger partial charge in [-0.2, -0.15) is 0 Å². The molecule has 0 amide bonds. The van der Waals surface area contributed by atoms with Gasteiger partial charge in [0.15, 0.2) is 5.60 Å². The predicted molar refractivity (Wildman–Crippen MR) is 56.4 cm³/mol. The topological polar surface area (TPSA) is 47.9 Å². The van der Waals surface area contributed by atoms with E-state index in [1.807, 2.05) is 6.92 Å². The molecule has 3 aliphatic rings. The number of esters is 1. The lowest BCUT2D eigenvalue weighted by Crippen LogP contribution is -2.63. The van der Waals surface area contributed by atoms with Gasteiger partial charge in [0.05, 0.1) is 0 Å². The lowest BCUT2D eigenvalue weighted by Gasteiger charge is -2.47. The fourth-order valence-corrected chi connectivity index (χ4v) is 2.37. The van der Waals surface area contributed by atoms with E-state index >= 15 is 0 Å². The maximum Gasteiger partial charge on any atom is 0.353 e. The fraction of sp³-hybridized carbons (Fsp3) is 0.778. The highest BCUT2D eigenvalue weighted by molar-refractivity contribution is 6.68. The summed E-state index contributed by atoms with van der Waals surface area (Å²) in [6, 6.07) is 0. The lowest BCUT2D eigenvalue weighted by atomic mass is 9.88. The van der Waals surface area contributed by atoms with Gasteiger partial charge in [-0.25, -0.2) is 9.79 Å². The number of carbonyl (C=O) groups is 1. The van der Waals surface area contributed by atoms with E-state index in [4.69, 9.17) is 32.7 Å². The Morgan fingerprint density at radius 3 is 3.00 bits per heavy atom. The molecule has 1 unspecified atom stereocenters. The van der Waals surface area contributed by atoms with E-state index in [1.165, 1.54) is 0 Å². The third kappa shape index (κ3) is 1.47. The third-order valence-corrected chi connectivity index (χ3v) is 3.64. The molecule has 0 aliphatic carbocycles. The molecule has 2 bridgehead atoms. The van der Waals surface area contributed by atoms with Crippen LogP contribution in [0.5, 0.6) is 0 Å². The normalized spacial score (nSPS) is 43.9. The van der Waals surface area contributed by atoms with Crippen LogP contribution in [-0.4, -0.2) is 34.5 Å². The molecule has 0 spiro atoms. The number of fused-ring (bicyclic) bond motifs is 2. The van der Waals surface area contributed by atoms with Crippen molar-refractivity contribution < 1.29 is 14.3 Å². The van der Waals surface area contributed by atoms with Crippen LogP contribution in [0, 0.1) is 0 Å². The Labute approximate surface area is 97.5 Å². The van der Waals surface area contributed by atoms with Gasteiger partial charge in [0.2, 0.25) is 0 Å². The van der Waals surface area contributed by atoms with Crippen LogP contribution in [0.2, 0.25) is 0 Å². The smallest absolute Gasteiger partial charge is 0.353 e. The number of alkyl halides is 1. The van der Waals surface area contributed by atoms with Gasteiger partial charge in [0.1, 0.15) is 11.3 Å². The van der Waals surface area contributed by atoms with Gasteiger partial charge in [-0.05, 0) is 13.8 Å². The largest absolute Gasteiger partial charge is 0.449 e. The molecule has 0 aromatic rings. The first kappa shape index (κ1) is 11.2. The monoisotopic (exact) mass is 251 g/mol. The minimum atomic E-state index is -1.50. The van der Waals surface area contributed by atoms with Crippen molar-refractivity contribution in [3.05, 3.63) is 0 Å². The molecule has 3 heterocycles. The first-order valence-corrected chi connectivity index (χ1v) is 5.48. The van der Waals surface area contributed by atoms with Gasteiger partial charge < -0.3 is 9.47 Å². The molecule has 3 atom stereocenters. The summed E-state index contributed by atoms with van der Waals surface area (Å²) >= 11 is 12.0. The van der Waals surface area contributed by atoms with Crippen LogP contribution in [-0.2, 0) is 14.3 Å². The second-order valence-corrected chi connectivity index (χ2v) is 4.78. The quantitative estimate of drug-likeness (QED) is 0.426. The zero-order valence-corrected chi connectivity index (χ0v) is 9.93. The molecule has 0 saturated carbocycles. The Kier molecular flexibility index (Phi) is 2.48. The Balaban J connectivity index is 2.41. The van der Waals surface area contributed by atoms with Gasteiger partial charge in [-0.3, -0.25) is 0 Å². The van der Waals surface area contributed by atoms with Crippen molar-refractivity contribution >= 4 is 34.3 Å². The van der Waals surface area contributed by atoms with Crippen LogP contribution in [0.4, 0.5) is 0 Å². The summed E-state index contributed by atoms with van der Waals surface area (Å²) in [5.74, 6) is -0.583. The second-order valence-electron chi connectivity index (χ2n) is 3.84. The summed E-state index contributed by atoms with van der Waals surface area (Å²) in [4.78, 5) is 14.1. The molecule has 3 rings (SSSR count). The number of carbonyl (C=O) groups excluding carboxylic acids is 1. The lowest BCUT2D eigenvalue weighted by molar-refractivity contribution is -0.178. The first-order valence-electron chi connectivity index (χ1n) is 4.72. The van der Waals surface area contributed by atoms with E-state index in [9.17, 15) is 4.79 Å². The van der Waals surface area contributed by atoms with Gasteiger partial charge in [0.25, 0.3) is 5.00 Å². The molecule has 84 valence electrons. The van der Waals surface area contributed by atoms with Crippen LogP contribution in [0.1, 0.15) is 20.3 Å². The molecule has 15 heavy (non-hydrogen) atoms. The van der Waals surface area contributed by atoms with Crippen LogP contribution < -0.4 is 0 Å². The molecular formula is C9H11Cl2NO3. The Hall–Kier alpha value is -0.320. The van der Waals surface area contributed by atoms with Crippen LogP contribution in [0.3, 0.4) is 0 Å². The molecular weight excluding hydrogens is 241 g/mol. The van der Waals surface area contributed by atoms with Gasteiger partial charge in [-0.1, -0.05) is 23.2 Å². The van der Waals surface area contributed by atoms with Crippen molar-refractivity contribution in [3.8, 4) is 0 Å². The van der Waals surface area contributed by atoms with Gasteiger partial charge in [0, 0.05) is 13.0 Å². The summed E-state index contributed by atoms with van der Waals surface area (Å²) in [5.41, 5.74) is -0.880. The summed E-state index contributed by atoms with van der Waals surface area (Å²) in [6.07, 6.45) is -0.0313. The average molecular weight is 252 g/mol. The zero-order chi connectivity index (χ0) is 11.3. The average Bonchev–Trinajstić information content (AvgIpc) is 2.12. The number of halogens is 2. The van der Waals surface area contributed by atoms with Crippen molar-refractivity contribution in [1.82, 2.24) is 0 Å². The van der Waals surface area contributed by atoms with Crippen molar-refractivity contribution in [2.75, 3.05) is 6.61 Å². The van der Waals surface area contributed by atoms with Gasteiger partial charge in [-0.15, -0.1) is 0 Å². The highest BCUT2D eigenvalue weighted by Crippen LogP contribution is 2.45. The van der Waals surface area contributed by atoms with Gasteiger partial charge >= 0.3 is 5.97 Å². The summed E-state index contributed by atoms with van der Waals surface area (Å²) in [7, 11) is 0. The Morgan fingerprint density at radius 2 is 2.40 bits per heavy atom. The molecule has 3 aliphatic heterocycles.